The lowest BCUT2D eigenvalue weighted by atomic mass is 9.87. The molecular formula is C14H28IN3OS. The van der Waals surface area contributed by atoms with Crippen molar-refractivity contribution in [1.29, 1.82) is 0 Å². The molecule has 2 rings (SSSR count). The van der Waals surface area contributed by atoms with E-state index in [0.29, 0.717) is 12.6 Å². The number of rotatable bonds is 3. The summed E-state index contributed by atoms with van der Waals surface area (Å²) < 4.78 is 0. The van der Waals surface area contributed by atoms with Crippen LogP contribution in [-0.4, -0.2) is 47.8 Å². The van der Waals surface area contributed by atoms with Gasteiger partial charge in [-0.15, -0.1) is 24.0 Å². The molecule has 0 bridgehead atoms. The van der Waals surface area contributed by atoms with Crippen molar-refractivity contribution >= 4 is 41.7 Å². The molecule has 0 aromatic carbocycles. The number of thioether (sulfide) groups is 1. The van der Waals surface area contributed by atoms with Crippen LogP contribution in [0.15, 0.2) is 4.99 Å². The number of guanidine groups is 1. The average molecular weight is 413 g/mol. The lowest BCUT2D eigenvalue weighted by molar-refractivity contribution is 0.0723. The summed E-state index contributed by atoms with van der Waals surface area (Å²) in [5.41, 5.74) is -0.553. The van der Waals surface area contributed by atoms with Gasteiger partial charge in [0.05, 0.1) is 5.60 Å². The largest absolute Gasteiger partial charge is 0.387 e. The highest BCUT2D eigenvalue weighted by atomic mass is 127. The molecule has 2 fully saturated rings. The first kappa shape index (κ1) is 18.4. The van der Waals surface area contributed by atoms with E-state index < -0.39 is 5.60 Å². The Balaban J connectivity index is 0.00000200. The lowest BCUT2D eigenvalue weighted by Crippen LogP contribution is -2.50. The van der Waals surface area contributed by atoms with Gasteiger partial charge in [-0.2, -0.15) is 11.8 Å². The Bertz CT molecular complexity index is 322. The van der Waals surface area contributed by atoms with Crippen LogP contribution in [0.2, 0.25) is 0 Å². The third kappa shape index (κ3) is 5.60. The normalized spacial score (nSPS) is 34.5. The molecule has 0 spiro atoms. The van der Waals surface area contributed by atoms with Gasteiger partial charge in [0, 0.05) is 25.4 Å². The third-order valence-electron chi connectivity index (χ3n) is 4.17. The predicted molar refractivity (Wildman–Crippen MR) is 98.2 cm³/mol. The number of halogens is 1. The smallest absolute Gasteiger partial charge is 0.191 e. The van der Waals surface area contributed by atoms with E-state index in [1.807, 2.05) is 11.8 Å². The molecule has 0 radical (unpaired) electrons. The van der Waals surface area contributed by atoms with Gasteiger partial charge in [0.1, 0.15) is 0 Å². The molecule has 1 heterocycles. The maximum atomic E-state index is 10.3. The first-order valence-electron chi connectivity index (χ1n) is 7.39. The van der Waals surface area contributed by atoms with Gasteiger partial charge in [-0.05, 0) is 30.9 Å². The zero-order chi connectivity index (χ0) is 13.7. The van der Waals surface area contributed by atoms with Crippen molar-refractivity contribution in [3.8, 4) is 0 Å². The molecule has 1 saturated carbocycles. The number of aliphatic imine (C=N–C) groups is 1. The van der Waals surface area contributed by atoms with Gasteiger partial charge < -0.3 is 15.7 Å². The van der Waals surface area contributed by atoms with Gasteiger partial charge >= 0.3 is 0 Å². The zero-order valence-corrected chi connectivity index (χ0v) is 15.7. The van der Waals surface area contributed by atoms with Crippen LogP contribution in [0.5, 0.6) is 0 Å². The molecule has 4 nitrogen and oxygen atoms in total. The van der Waals surface area contributed by atoms with Crippen LogP contribution in [0.1, 0.15) is 39.0 Å². The number of hydrogen-bond donors (Lipinski definition) is 3. The van der Waals surface area contributed by atoms with E-state index in [4.69, 9.17) is 0 Å². The zero-order valence-electron chi connectivity index (χ0n) is 12.5. The Hall–Kier alpha value is 0.310. The van der Waals surface area contributed by atoms with Crippen molar-refractivity contribution in [3.05, 3.63) is 0 Å². The van der Waals surface area contributed by atoms with Gasteiger partial charge in [-0.1, -0.05) is 19.8 Å². The Morgan fingerprint density at radius 2 is 2.25 bits per heavy atom. The Morgan fingerprint density at radius 3 is 2.85 bits per heavy atom. The molecule has 2 aliphatic rings. The van der Waals surface area contributed by atoms with E-state index in [-0.39, 0.29) is 24.0 Å². The van der Waals surface area contributed by atoms with Gasteiger partial charge in [0.25, 0.3) is 0 Å². The molecule has 0 amide bonds. The second-order valence-corrected chi connectivity index (χ2v) is 7.17. The van der Waals surface area contributed by atoms with E-state index in [0.717, 1.165) is 29.8 Å². The first-order chi connectivity index (χ1) is 9.11. The number of hydrogen-bond acceptors (Lipinski definition) is 3. The molecule has 0 aromatic rings. The van der Waals surface area contributed by atoms with E-state index in [9.17, 15) is 5.11 Å². The molecule has 3 unspecified atom stereocenters. The van der Waals surface area contributed by atoms with Crippen molar-refractivity contribution in [2.75, 3.05) is 25.1 Å². The summed E-state index contributed by atoms with van der Waals surface area (Å²) >= 11 is 1.83. The molecule has 3 atom stereocenters. The number of nitrogens with one attached hydrogen (secondary N) is 2. The molecule has 1 aliphatic heterocycles. The second-order valence-electron chi connectivity index (χ2n) is 6.07. The SMILES string of the molecule is CN=C(NCC1(O)CCSC1)NC1CCCC(C)C1.I. The van der Waals surface area contributed by atoms with Crippen LogP contribution in [0, 0.1) is 5.92 Å². The van der Waals surface area contributed by atoms with Crippen LogP contribution >= 0.6 is 35.7 Å². The lowest BCUT2D eigenvalue weighted by Gasteiger charge is -2.30. The van der Waals surface area contributed by atoms with Gasteiger partial charge in [-0.25, -0.2) is 0 Å². The number of nitrogens with zero attached hydrogens (tertiary/aromatic N) is 1. The topological polar surface area (TPSA) is 56.7 Å². The van der Waals surface area contributed by atoms with E-state index in [1.54, 1.807) is 7.05 Å². The maximum absolute atomic E-state index is 10.3. The molecule has 6 heteroatoms. The summed E-state index contributed by atoms with van der Waals surface area (Å²) in [5, 5.41) is 17.1. The first-order valence-corrected chi connectivity index (χ1v) is 8.54. The Labute approximate surface area is 144 Å². The summed E-state index contributed by atoms with van der Waals surface area (Å²) in [6.07, 6.45) is 5.98. The monoisotopic (exact) mass is 413 g/mol. The van der Waals surface area contributed by atoms with Crippen molar-refractivity contribution in [1.82, 2.24) is 10.6 Å². The second kappa shape index (κ2) is 8.68. The van der Waals surface area contributed by atoms with E-state index >= 15 is 0 Å². The highest BCUT2D eigenvalue weighted by Crippen LogP contribution is 2.27. The quantitative estimate of drug-likeness (QED) is 0.377. The fraction of sp³-hybridized carbons (Fsp3) is 0.929. The van der Waals surface area contributed by atoms with Crippen LogP contribution < -0.4 is 10.6 Å². The Kier molecular flexibility index (Phi) is 7.97. The molecular weight excluding hydrogens is 385 g/mol. The highest BCUT2D eigenvalue weighted by molar-refractivity contribution is 14.0. The highest BCUT2D eigenvalue weighted by Gasteiger charge is 2.31. The molecule has 118 valence electrons. The van der Waals surface area contributed by atoms with Crippen molar-refractivity contribution in [2.24, 2.45) is 10.9 Å². The molecule has 1 aliphatic carbocycles. The summed E-state index contributed by atoms with van der Waals surface area (Å²) in [7, 11) is 1.80. The summed E-state index contributed by atoms with van der Waals surface area (Å²) in [4.78, 5) is 4.28. The minimum atomic E-state index is -0.553. The van der Waals surface area contributed by atoms with Gasteiger partial charge in [0.15, 0.2) is 5.96 Å². The van der Waals surface area contributed by atoms with Crippen LogP contribution in [-0.2, 0) is 0 Å². The molecule has 20 heavy (non-hydrogen) atoms. The Morgan fingerprint density at radius 1 is 1.45 bits per heavy atom. The fourth-order valence-electron chi connectivity index (χ4n) is 2.94. The van der Waals surface area contributed by atoms with Crippen molar-refractivity contribution in [3.63, 3.8) is 0 Å². The van der Waals surface area contributed by atoms with Crippen LogP contribution in [0.4, 0.5) is 0 Å². The molecule has 1 saturated heterocycles. The van der Waals surface area contributed by atoms with Crippen LogP contribution in [0.3, 0.4) is 0 Å². The number of aliphatic hydroxyl groups is 1. The molecule has 3 N–H and O–H groups in total. The minimum Gasteiger partial charge on any atom is -0.387 e. The van der Waals surface area contributed by atoms with Gasteiger partial charge in [0.2, 0.25) is 0 Å². The van der Waals surface area contributed by atoms with Crippen molar-refractivity contribution in [2.45, 2.75) is 50.7 Å². The summed E-state index contributed by atoms with van der Waals surface area (Å²) in [6, 6.07) is 0.530. The van der Waals surface area contributed by atoms with E-state index in [2.05, 4.69) is 22.5 Å². The van der Waals surface area contributed by atoms with Crippen LogP contribution in [0.25, 0.3) is 0 Å². The third-order valence-corrected chi connectivity index (χ3v) is 5.40. The summed E-state index contributed by atoms with van der Waals surface area (Å²) in [5.74, 6) is 3.53. The minimum absolute atomic E-state index is 0. The fourth-order valence-corrected chi connectivity index (χ4v) is 4.23. The molecule has 0 aromatic heterocycles. The predicted octanol–water partition coefficient (Wildman–Crippen LogP) is 2.22. The summed E-state index contributed by atoms with van der Waals surface area (Å²) in [6.45, 7) is 2.92. The maximum Gasteiger partial charge on any atom is 0.191 e. The average Bonchev–Trinajstić information content (AvgIpc) is 2.82. The van der Waals surface area contributed by atoms with E-state index in [1.165, 1.54) is 25.7 Å². The standard InChI is InChI=1S/C14H27N3OS.HI/c1-11-4-3-5-12(8-11)17-13(15-2)16-9-14(18)6-7-19-10-14;/h11-12,18H,3-10H2,1-2H3,(H2,15,16,17);1H. The van der Waals surface area contributed by atoms with Crippen molar-refractivity contribution < 1.29 is 5.11 Å². The van der Waals surface area contributed by atoms with Gasteiger partial charge in [-0.3, -0.25) is 4.99 Å².